The van der Waals surface area contributed by atoms with Crippen molar-refractivity contribution in [2.45, 2.75) is 25.2 Å². The highest BCUT2D eigenvalue weighted by molar-refractivity contribution is 5.16. The fraction of sp³-hybridized carbons (Fsp3) is 0.444. The predicted molar refractivity (Wildman–Crippen MR) is 47.8 cm³/mol. The molecule has 0 aliphatic heterocycles. The van der Waals surface area contributed by atoms with Gasteiger partial charge in [-0.05, 0) is 19.1 Å². The summed E-state index contributed by atoms with van der Waals surface area (Å²) in [6.45, 7) is 1.40. The largest absolute Gasteiger partial charge is 0.433 e. The van der Waals surface area contributed by atoms with Gasteiger partial charge in [0, 0.05) is 0 Å². The van der Waals surface area contributed by atoms with Gasteiger partial charge in [-0.1, -0.05) is 6.07 Å². The summed E-state index contributed by atoms with van der Waals surface area (Å²) in [7, 11) is 0. The van der Waals surface area contributed by atoms with Crippen LogP contribution in [0.2, 0.25) is 0 Å². The van der Waals surface area contributed by atoms with Gasteiger partial charge in [0.2, 0.25) is 0 Å². The highest BCUT2D eigenvalue weighted by Crippen LogP contribution is 2.28. The lowest BCUT2D eigenvalue weighted by atomic mass is 10.1. The number of alkyl halides is 3. The Labute approximate surface area is 84.7 Å². The lowest BCUT2D eigenvalue weighted by molar-refractivity contribution is -0.141. The number of rotatable bonds is 2. The molecule has 1 aromatic rings. The molecule has 6 heteroatoms. The summed E-state index contributed by atoms with van der Waals surface area (Å²) in [4.78, 5) is 3.36. The van der Waals surface area contributed by atoms with Crippen molar-refractivity contribution in [1.29, 1.82) is 0 Å². The molecule has 0 radical (unpaired) electrons. The third-order valence-corrected chi connectivity index (χ3v) is 1.92. The molecule has 1 aromatic heterocycles. The zero-order chi connectivity index (χ0) is 11.6. The summed E-state index contributed by atoms with van der Waals surface area (Å²) in [6.07, 6.45) is -5.44. The number of aliphatic hydroxyl groups is 1. The van der Waals surface area contributed by atoms with E-state index in [1.807, 2.05) is 0 Å². The standard InChI is InChI=1S/C9H11F3N2O/c1-5(15)8(13)6-3-2-4-7(14-6)9(10,11)12/h2-5,8,15H,13H2,1H3/t5?,8-/m0/s1. The number of nitrogens with zero attached hydrogens (tertiary/aromatic N) is 1. The van der Waals surface area contributed by atoms with Gasteiger partial charge in [-0.15, -0.1) is 0 Å². The van der Waals surface area contributed by atoms with Gasteiger partial charge >= 0.3 is 6.18 Å². The fourth-order valence-electron chi connectivity index (χ4n) is 1.04. The first-order valence-electron chi connectivity index (χ1n) is 4.30. The first kappa shape index (κ1) is 11.9. The molecule has 1 rings (SSSR count). The second kappa shape index (κ2) is 4.16. The van der Waals surface area contributed by atoms with Crippen LogP contribution in [0.25, 0.3) is 0 Å². The quantitative estimate of drug-likeness (QED) is 0.793. The number of nitrogens with two attached hydrogens (primary N) is 1. The van der Waals surface area contributed by atoms with E-state index in [1.54, 1.807) is 0 Å². The van der Waals surface area contributed by atoms with Gasteiger partial charge in [0.05, 0.1) is 17.8 Å². The minimum absolute atomic E-state index is 0.0276. The second-order valence-corrected chi connectivity index (χ2v) is 3.21. The van der Waals surface area contributed by atoms with Crippen LogP contribution in [0.5, 0.6) is 0 Å². The normalized spacial score (nSPS) is 16.1. The number of halogens is 3. The maximum Gasteiger partial charge on any atom is 0.433 e. The Kier molecular flexibility index (Phi) is 3.31. The van der Waals surface area contributed by atoms with Crippen molar-refractivity contribution in [2.24, 2.45) is 5.73 Å². The predicted octanol–water partition coefficient (Wildman–Crippen LogP) is 1.48. The van der Waals surface area contributed by atoms with Crippen LogP contribution in [-0.2, 0) is 6.18 Å². The van der Waals surface area contributed by atoms with Crippen molar-refractivity contribution in [3.63, 3.8) is 0 Å². The van der Waals surface area contributed by atoms with E-state index in [0.717, 1.165) is 6.07 Å². The van der Waals surface area contributed by atoms with Gasteiger partial charge < -0.3 is 10.8 Å². The van der Waals surface area contributed by atoms with Crippen LogP contribution in [0.3, 0.4) is 0 Å². The average molecular weight is 220 g/mol. The van der Waals surface area contributed by atoms with Crippen molar-refractivity contribution in [2.75, 3.05) is 0 Å². The van der Waals surface area contributed by atoms with E-state index in [9.17, 15) is 13.2 Å². The zero-order valence-electron chi connectivity index (χ0n) is 7.99. The summed E-state index contributed by atoms with van der Waals surface area (Å²) in [6, 6.07) is 2.52. The molecule has 0 aromatic carbocycles. The molecule has 0 bridgehead atoms. The van der Waals surface area contributed by atoms with Crippen molar-refractivity contribution in [3.05, 3.63) is 29.6 Å². The molecule has 3 nitrogen and oxygen atoms in total. The number of hydrogen-bond donors (Lipinski definition) is 2. The molecule has 0 saturated heterocycles. The molecule has 2 atom stereocenters. The van der Waals surface area contributed by atoms with Gasteiger partial charge in [0.1, 0.15) is 5.69 Å². The summed E-state index contributed by atoms with van der Waals surface area (Å²) in [5.74, 6) is 0. The van der Waals surface area contributed by atoms with E-state index >= 15 is 0 Å². The minimum Gasteiger partial charge on any atom is -0.391 e. The highest BCUT2D eigenvalue weighted by atomic mass is 19.4. The maximum atomic E-state index is 12.3. The van der Waals surface area contributed by atoms with Crippen LogP contribution in [0.15, 0.2) is 18.2 Å². The van der Waals surface area contributed by atoms with Crippen molar-refractivity contribution >= 4 is 0 Å². The molecule has 1 unspecified atom stereocenters. The monoisotopic (exact) mass is 220 g/mol. The Hall–Kier alpha value is -1.14. The van der Waals surface area contributed by atoms with Crippen LogP contribution < -0.4 is 5.73 Å². The Morgan fingerprint density at radius 2 is 2.00 bits per heavy atom. The molecular weight excluding hydrogens is 209 g/mol. The van der Waals surface area contributed by atoms with Crippen LogP contribution in [-0.4, -0.2) is 16.2 Å². The first-order valence-corrected chi connectivity index (χ1v) is 4.30. The smallest absolute Gasteiger partial charge is 0.391 e. The summed E-state index contributed by atoms with van der Waals surface area (Å²) in [5, 5.41) is 9.12. The van der Waals surface area contributed by atoms with Crippen LogP contribution in [0.1, 0.15) is 24.4 Å². The minimum atomic E-state index is -4.49. The first-order chi connectivity index (χ1) is 6.82. The number of pyridine rings is 1. The molecule has 1 heterocycles. The van der Waals surface area contributed by atoms with E-state index < -0.39 is 24.0 Å². The molecule has 3 N–H and O–H groups in total. The molecular formula is C9H11F3N2O. The molecule has 0 fully saturated rings. The maximum absolute atomic E-state index is 12.3. The van der Waals surface area contributed by atoms with E-state index in [4.69, 9.17) is 10.8 Å². The molecule has 0 aliphatic rings. The van der Waals surface area contributed by atoms with Crippen molar-refractivity contribution in [3.8, 4) is 0 Å². The van der Waals surface area contributed by atoms with Gasteiger partial charge in [0.15, 0.2) is 0 Å². The summed E-state index contributed by atoms with van der Waals surface area (Å²) >= 11 is 0. The van der Waals surface area contributed by atoms with Crippen LogP contribution in [0, 0.1) is 0 Å². The summed E-state index contributed by atoms with van der Waals surface area (Å²) < 4.78 is 36.8. The number of aliphatic hydroxyl groups excluding tert-OH is 1. The van der Waals surface area contributed by atoms with Crippen molar-refractivity contribution in [1.82, 2.24) is 4.98 Å². The van der Waals surface area contributed by atoms with E-state index in [1.165, 1.54) is 19.1 Å². The Balaban J connectivity index is 3.03. The number of aromatic nitrogens is 1. The SMILES string of the molecule is CC(O)[C@H](N)c1cccc(C(F)(F)F)n1. The lowest BCUT2D eigenvalue weighted by Crippen LogP contribution is -2.25. The molecule has 0 spiro atoms. The van der Waals surface area contributed by atoms with Crippen LogP contribution >= 0.6 is 0 Å². The zero-order valence-corrected chi connectivity index (χ0v) is 7.99. The van der Waals surface area contributed by atoms with Gasteiger partial charge in [-0.3, -0.25) is 0 Å². The Morgan fingerprint density at radius 1 is 1.40 bits per heavy atom. The molecule has 15 heavy (non-hydrogen) atoms. The third kappa shape index (κ3) is 2.90. The molecule has 84 valence electrons. The molecule has 0 saturated carbocycles. The van der Waals surface area contributed by atoms with E-state index in [-0.39, 0.29) is 5.69 Å². The third-order valence-electron chi connectivity index (χ3n) is 1.92. The van der Waals surface area contributed by atoms with Gasteiger partial charge in [-0.2, -0.15) is 13.2 Å². The Morgan fingerprint density at radius 3 is 2.47 bits per heavy atom. The lowest BCUT2D eigenvalue weighted by Gasteiger charge is -2.15. The summed E-state index contributed by atoms with van der Waals surface area (Å²) in [5.41, 5.74) is 4.49. The fourth-order valence-corrected chi connectivity index (χ4v) is 1.04. The van der Waals surface area contributed by atoms with E-state index in [2.05, 4.69) is 4.98 Å². The topological polar surface area (TPSA) is 59.1 Å². The highest BCUT2D eigenvalue weighted by Gasteiger charge is 2.32. The van der Waals surface area contributed by atoms with Gasteiger partial charge in [-0.25, -0.2) is 4.98 Å². The molecule has 0 amide bonds. The second-order valence-electron chi connectivity index (χ2n) is 3.21. The molecule has 0 aliphatic carbocycles. The number of hydrogen-bond acceptors (Lipinski definition) is 3. The van der Waals surface area contributed by atoms with Crippen LogP contribution in [0.4, 0.5) is 13.2 Å². The Bertz CT molecular complexity index is 338. The van der Waals surface area contributed by atoms with Gasteiger partial charge in [0.25, 0.3) is 0 Å². The van der Waals surface area contributed by atoms with Crippen molar-refractivity contribution < 1.29 is 18.3 Å². The van der Waals surface area contributed by atoms with E-state index in [0.29, 0.717) is 0 Å². The average Bonchev–Trinajstić information content (AvgIpc) is 2.15.